The lowest BCUT2D eigenvalue weighted by atomic mass is 9.77. The first-order valence-corrected chi connectivity index (χ1v) is 8.18. The van der Waals surface area contributed by atoms with E-state index in [9.17, 15) is 0 Å². The summed E-state index contributed by atoms with van der Waals surface area (Å²) < 4.78 is 0. The standard InChI is InChI=1S/C18H30N2/c1-4-14-19-17-13-9-8-12-16(17)18(20(2)3)15-10-6-5-7-11-15/h5-7,10-11,16-19H,4,8-9,12-14H2,1-3H3/t16-,17-,18?/m1/s1. The fraction of sp³-hybridized carbons (Fsp3) is 0.667. The van der Waals surface area contributed by atoms with Gasteiger partial charge in [-0.15, -0.1) is 0 Å². The van der Waals surface area contributed by atoms with Gasteiger partial charge in [-0.1, -0.05) is 50.1 Å². The number of rotatable bonds is 6. The molecule has 0 aliphatic heterocycles. The predicted octanol–water partition coefficient (Wildman–Crippen LogP) is 3.85. The van der Waals surface area contributed by atoms with Crippen LogP contribution in [0, 0.1) is 5.92 Å². The van der Waals surface area contributed by atoms with E-state index in [2.05, 4.69) is 61.6 Å². The first kappa shape index (κ1) is 15.5. The lowest BCUT2D eigenvalue weighted by Crippen LogP contribution is -2.44. The summed E-state index contributed by atoms with van der Waals surface area (Å²) in [6, 6.07) is 12.2. The van der Waals surface area contributed by atoms with Crippen molar-refractivity contribution >= 4 is 0 Å². The molecule has 1 aromatic carbocycles. The zero-order valence-corrected chi connectivity index (χ0v) is 13.3. The van der Waals surface area contributed by atoms with Crippen LogP contribution in [0.3, 0.4) is 0 Å². The van der Waals surface area contributed by atoms with Crippen LogP contribution in [0.15, 0.2) is 30.3 Å². The number of benzene rings is 1. The lowest BCUT2D eigenvalue weighted by Gasteiger charge is -2.41. The van der Waals surface area contributed by atoms with Crippen molar-refractivity contribution in [2.75, 3.05) is 20.6 Å². The van der Waals surface area contributed by atoms with Gasteiger partial charge in [-0.2, -0.15) is 0 Å². The molecular weight excluding hydrogens is 244 g/mol. The largest absolute Gasteiger partial charge is 0.314 e. The first-order valence-electron chi connectivity index (χ1n) is 8.18. The van der Waals surface area contributed by atoms with Gasteiger partial charge in [-0.05, 0) is 51.4 Å². The molecule has 20 heavy (non-hydrogen) atoms. The maximum Gasteiger partial charge on any atom is 0.0385 e. The van der Waals surface area contributed by atoms with Crippen LogP contribution in [-0.4, -0.2) is 31.6 Å². The second-order valence-corrected chi connectivity index (χ2v) is 6.33. The van der Waals surface area contributed by atoms with Gasteiger partial charge in [0.2, 0.25) is 0 Å². The molecule has 1 N–H and O–H groups in total. The van der Waals surface area contributed by atoms with Crippen LogP contribution in [0.1, 0.15) is 50.6 Å². The summed E-state index contributed by atoms with van der Waals surface area (Å²) in [6.45, 7) is 3.40. The Morgan fingerprint density at radius 2 is 1.85 bits per heavy atom. The summed E-state index contributed by atoms with van der Waals surface area (Å²) in [6.07, 6.45) is 6.67. The summed E-state index contributed by atoms with van der Waals surface area (Å²) in [7, 11) is 4.45. The molecule has 0 amide bonds. The van der Waals surface area contributed by atoms with Crippen LogP contribution in [0.5, 0.6) is 0 Å². The molecule has 0 saturated heterocycles. The molecule has 0 heterocycles. The molecule has 1 aliphatic rings. The molecule has 1 fully saturated rings. The summed E-state index contributed by atoms with van der Waals surface area (Å²) >= 11 is 0. The molecule has 3 atom stereocenters. The number of hydrogen-bond acceptors (Lipinski definition) is 2. The molecule has 0 bridgehead atoms. The normalized spacial score (nSPS) is 24.8. The van der Waals surface area contributed by atoms with Gasteiger partial charge >= 0.3 is 0 Å². The third kappa shape index (κ3) is 3.83. The fourth-order valence-electron chi connectivity index (χ4n) is 3.70. The van der Waals surface area contributed by atoms with Crippen LogP contribution < -0.4 is 5.32 Å². The van der Waals surface area contributed by atoms with Crippen molar-refractivity contribution in [3.05, 3.63) is 35.9 Å². The third-order valence-corrected chi connectivity index (χ3v) is 4.58. The quantitative estimate of drug-likeness (QED) is 0.847. The summed E-state index contributed by atoms with van der Waals surface area (Å²) in [5.41, 5.74) is 1.47. The Hall–Kier alpha value is -0.860. The van der Waals surface area contributed by atoms with Gasteiger partial charge in [0.25, 0.3) is 0 Å². The SMILES string of the molecule is CCCN[C@@H]1CCCC[C@H]1C(c1ccccc1)N(C)C. The molecule has 2 rings (SSSR count). The summed E-state index contributed by atoms with van der Waals surface area (Å²) in [4.78, 5) is 2.41. The van der Waals surface area contributed by atoms with E-state index in [-0.39, 0.29) is 0 Å². The zero-order chi connectivity index (χ0) is 14.4. The fourth-order valence-corrected chi connectivity index (χ4v) is 3.70. The Labute approximate surface area is 124 Å². The zero-order valence-electron chi connectivity index (χ0n) is 13.3. The van der Waals surface area contributed by atoms with Crippen LogP contribution in [-0.2, 0) is 0 Å². The van der Waals surface area contributed by atoms with E-state index in [0.717, 1.165) is 12.5 Å². The monoisotopic (exact) mass is 274 g/mol. The molecule has 112 valence electrons. The molecule has 2 heteroatoms. The average molecular weight is 274 g/mol. The van der Waals surface area contributed by atoms with Gasteiger partial charge in [0, 0.05) is 12.1 Å². The predicted molar refractivity (Wildman–Crippen MR) is 86.9 cm³/mol. The van der Waals surface area contributed by atoms with Gasteiger partial charge < -0.3 is 10.2 Å². The minimum absolute atomic E-state index is 0.533. The van der Waals surface area contributed by atoms with Gasteiger partial charge in [0.05, 0.1) is 0 Å². The van der Waals surface area contributed by atoms with Gasteiger partial charge in [0.15, 0.2) is 0 Å². The Morgan fingerprint density at radius 1 is 1.15 bits per heavy atom. The number of hydrogen-bond donors (Lipinski definition) is 1. The number of nitrogens with one attached hydrogen (secondary N) is 1. The summed E-state index contributed by atoms with van der Waals surface area (Å²) in [5, 5.41) is 3.80. The van der Waals surface area contributed by atoms with E-state index in [1.807, 2.05) is 0 Å². The molecule has 1 aromatic rings. The van der Waals surface area contributed by atoms with Crippen molar-refractivity contribution in [1.29, 1.82) is 0 Å². The van der Waals surface area contributed by atoms with E-state index >= 15 is 0 Å². The summed E-state index contributed by atoms with van der Waals surface area (Å²) in [5.74, 6) is 0.729. The van der Waals surface area contributed by atoms with E-state index in [4.69, 9.17) is 0 Å². The minimum atomic E-state index is 0.533. The Balaban J connectivity index is 2.17. The molecular formula is C18H30N2. The van der Waals surface area contributed by atoms with Gasteiger partial charge in [-0.25, -0.2) is 0 Å². The van der Waals surface area contributed by atoms with E-state index < -0.39 is 0 Å². The molecule has 1 saturated carbocycles. The molecule has 1 unspecified atom stereocenters. The van der Waals surface area contributed by atoms with Crippen molar-refractivity contribution in [3.63, 3.8) is 0 Å². The first-order chi connectivity index (χ1) is 9.74. The molecule has 1 aliphatic carbocycles. The lowest BCUT2D eigenvalue weighted by molar-refractivity contribution is 0.134. The number of nitrogens with zero attached hydrogens (tertiary/aromatic N) is 1. The molecule has 0 radical (unpaired) electrons. The Kier molecular flexibility index (Phi) is 6.06. The molecule has 2 nitrogen and oxygen atoms in total. The van der Waals surface area contributed by atoms with E-state index in [1.165, 1.54) is 37.7 Å². The van der Waals surface area contributed by atoms with Crippen molar-refractivity contribution in [2.45, 2.75) is 51.1 Å². The van der Waals surface area contributed by atoms with Crippen LogP contribution >= 0.6 is 0 Å². The smallest absolute Gasteiger partial charge is 0.0385 e. The van der Waals surface area contributed by atoms with Crippen molar-refractivity contribution < 1.29 is 0 Å². The van der Waals surface area contributed by atoms with Crippen LogP contribution in [0.25, 0.3) is 0 Å². The highest BCUT2D eigenvalue weighted by molar-refractivity contribution is 5.20. The molecule has 0 aromatic heterocycles. The van der Waals surface area contributed by atoms with Crippen molar-refractivity contribution in [2.24, 2.45) is 5.92 Å². The van der Waals surface area contributed by atoms with Crippen LogP contribution in [0.4, 0.5) is 0 Å². The maximum absolute atomic E-state index is 3.80. The molecule has 0 spiro atoms. The highest BCUT2D eigenvalue weighted by Gasteiger charge is 2.33. The Morgan fingerprint density at radius 3 is 2.50 bits per heavy atom. The van der Waals surface area contributed by atoms with Crippen molar-refractivity contribution in [3.8, 4) is 0 Å². The Bertz CT molecular complexity index is 374. The van der Waals surface area contributed by atoms with Crippen molar-refractivity contribution in [1.82, 2.24) is 10.2 Å². The second-order valence-electron chi connectivity index (χ2n) is 6.33. The van der Waals surface area contributed by atoms with Gasteiger partial charge in [0.1, 0.15) is 0 Å². The maximum atomic E-state index is 3.80. The van der Waals surface area contributed by atoms with E-state index in [1.54, 1.807) is 0 Å². The third-order valence-electron chi connectivity index (χ3n) is 4.58. The minimum Gasteiger partial charge on any atom is -0.314 e. The highest BCUT2D eigenvalue weighted by atomic mass is 15.1. The average Bonchev–Trinajstić information content (AvgIpc) is 2.47. The highest BCUT2D eigenvalue weighted by Crippen LogP contribution is 2.37. The van der Waals surface area contributed by atoms with Gasteiger partial charge in [-0.3, -0.25) is 0 Å². The van der Waals surface area contributed by atoms with Crippen LogP contribution in [0.2, 0.25) is 0 Å². The van der Waals surface area contributed by atoms with E-state index in [0.29, 0.717) is 12.1 Å². The topological polar surface area (TPSA) is 15.3 Å². The second kappa shape index (κ2) is 7.80.